The molecule has 0 aromatic heterocycles. The van der Waals surface area contributed by atoms with Crippen molar-refractivity contribution in [3.05, 3.63) is 70.2 Å². The highest BCUT2D eigenvalue weighted by molar-refractivity contribution is 6.35. The molecule has 106 valence electrons. The number of aliphatic hydroxyl groups is 1. The number of rotatable bonds is 3. The maximum absolute atomic E-state index is 9.13. The van der Waals surface area contributed by atoms with Crippen molar-refractivity contribution in [1.29, 1.82) is 0 Å². The van der Waals surface area contributed by atoms with Gasteiger partial charge in [0.25, 0.3) is 0 Å². The van der Waals surface area contributed by atoms with Crippen molar-refractivity contribution in [2.75, 3.05) is 0 Å². The Morgan fingerprint density at radius 2 is 1.62 bits per heavy atom. The van der Waals surface area contributed by atoms with Gasteiger partial charge in [-0.05, 0) is 29.8 Å². The zero-order valence-corrected chi connectivity index (χ0v) is 12.5. The lowest BCUT2D eigenvalue weighted by molar-refractivity contribution is 0.282. The standard InChI is InChI=1S/C17H12Cl2O2/c18-15-7-8-17(14-4-2-1-3-13(14)15)21-12-6-5-11(10-20)16(19)9-12/h1-9,20H,10H2. The molecule has 21 heavy (non-hydrogen) atoms. The highest BCUT2D eigenvalue weighted by Gasteiger charge is 2.08. The second-order valence-corrected chi connectivity index (χ2v) is 5.42. The Labute approximate surface area is 132 Å². The van der Waals surface area contributed by atoms with Crippen molar-refractivity contribution in [1.82, 2.24) is 0 Å². The van der Waals surface area contributed by atoms with Gasteiger partial charge in [-0.25, -0.2) is 0 Å². The van der Waals surface area contributed by atoms with Gasteiger partial charge in [-0.2, -0.15) is 0 Å². The molecule has 0 bridgehead atoms. The second-order valence-electron chi connectivity index (χ2n) is 4.60. The summed E-state index contributed by atoms with van der Waals surface area (Å²) in [4.78, 5) is 0. The fourth-order valence-corrected chi connectivity index (χ4v) is 2.63. The molecule has 0 amide bonds. The summed E-state index contributed by atoms with van der Waals surface area (Å²) in [5.41, 5.74) is 0.671. The van der Waals surface area contributed by atoms with Gasteiger partial charge in [0, 0.05) is 20.8 Å². The summed E-state index contributed by atoms with van der Waals surface area (Å²) in [6.07, 6.45) is 0. The van der Waals surface area contributed by atoms with E-state index < -0.39 is 0 Å². The van der Waals surface area contributed by atoms with E-state index in [0.717, 1.165) is 10.8 Å². The first-order valence-corrected chi connectivity index (χ1v) is 7.19. The Bertz CT molecular complexity index is 800. The Hall–Kier alpha value is -1.74. The molecule has 0 radical (unpaired) electrons. The van der Waals surface area contributed by atoms with Crippen LogP contribution in [0.2, 0.25) is 10.0 Å². The van der Waals surface area contributed by atoms with Gasteiger partial charge in [0.05, 0.1) is 6.61 Å². The minimum absolute atomic E-state index is 0.0943. The van der Waals surface area contributed by atoms with Crippen LogP contribution in [-0.4, -0.2) is 5.11 Å². The van der Waals surface area contributed by atoms with E-state index in [1.165, 1.54) is 0 Å². The predicted molar refractivity (Wildman–Crippen MR) is 86.4 cm³/mol. The molecular weight excluding hydrogens is 307 g/mol. The maximum Gasteiger partial charge on any atom is 0.135 e. The minimum Gasteiger partial charge on any atom is -0.457 e. The molecule has 0 heterocycles. The van der Waals surface area contributed by atoms with Gasteiger partial charge in [-0.3, -0.25) is 0 Å². The van der Waals surface area contributed by atoms with Crippen molar-refractivity contribution in [3.8, 4) is 11.5 Å². The van der Waals surface area contributed by atoms with Gasteiger partial charge in [0.15, 0.2) is 0 Å². The molecule has 2 nitrogen and oxygen atoms in total. The minimum atomic E-state index is -0.0943. The third-order valence-electron chi connectivity index (χ3n) is 3.25. The van der Waals surface area contributed by atoms with E-state index in [1.54, 1.807) is 18.2 Å². The number of fused-ring (bicyclic) bond motifs is 1. The van der Waals surface area contributed by atoms with Gasteiger partial charge in [-0.15, -0.1) is 0 Å². The Morgan fingerprint density at radius 1 is 0.857 bits per heavy atom. The van der Waals surface area contributed by atoms with Crippen LogP contribution in [-0.2, 0) is 6.61 Å². The van der Waals surface area contributed by atoms with Crippen LogP contribution in [0.4, 0.5) is 0 Å². The molecule has 3 rings (SSSR count). The molecule has 3 aromatic carbocycles. The summed E-state index contributed by atoms with van der Waals surface area (Å²) in [6.45, 7) is -0.0943. The molecule has 0 aliphatic heterocycles. The summed E-state index contributed by atoms with van der Waals surface area (Å²) in [5, 5.41) is 12.2. The smallest absolute Gasteiger partial charge is 0.135 e. The van der Waals surface area contributed by atoms with Crippen LogP contribution < -0.4 is 4.74 Å². The number of hydrogen-bond acceptors (Lipinski definition) is 2. The molecule has 0 unspecified atom stereocenters. The molecule has 0 saturated carbocycles. The monoisotopic (exact) mass is 318 g/mol. The largest absolute Gasteiger partial charge is 0.457 e. The first kappa shape index (κ1) is 14.2. The van der Waals surface area contributed by atoms with Crippen LogP contribution in [0.25, 0.3) is 10.8 Å². The van der Waals surface area contributed by atoms with E-state index in [-0.39, 0.29) is 6.61 Å². The van der Waals surface area contributed by atoms with Crippen molar-refractivity contribution < 1.29 is 9.84 Å². The summed E-state index contributed by atoms with van der Waals surface area (Å²) >= 11 is 12.3. The van der Waals surface area contributed by atoms with Crippen LogP contribution in [0.15, 0.2) is 54.6 Å². The highest BCUT2D eigenvalue weighted by Crippen LogP contribution is 2.35. The number of halogens is 2. The summed E-state index contributed by atoms with van der Waals surface area (Å²) in [7, 11) is 0. The van der Waals surface area contributed by atoms with Crippen LogP contribution in [0.3, 0.4) is 0 Å². The van der Waals surface area contributed by atoms with E-state index in [2.05, 4.69) is 0 Å². The maximum atomic E-state index is 9.13. The summed E-state index contributed by atoms with van der Waals surface area (Å²) in [5.74, 6) is 1.33. The van der Waals surface area contributed by atoms with Crippen LogP contribution in [0.5, 0.6) is 11.5 Å². The van der Waals surface area contributed by atoms with Gasteiger partial charge in [-0.1, -0.05) is 53.5 Å². The zero-order valence-electron chi connectivity index (χ0n) is 11.0. The molecule has 0 fully saturated rings. The molecule has 0 saturated heterocycles. The third kappa shape index (κ3) is 2.84. The number of hydrogen-bond donors (Lipinski definition) is 1. The lowest BCUT2D eigenvalue weighted by Gasteiger charge is -2.11. The van der Waals surface area contributed by atoms with E-state index >= 15 is 0 Å². The normalized spacial score (nSPS) is 10.8. The number of aliphatic hydroxyl groups excluding tert-OH is 1. The Morgan fingerprint density at radius 3 is 2.33 bits per heavy atom. The topological polar surface area (TPSA) is 29.5 Å². The Balaban J connectivity index is 2.02. The number of ether oxygens (including phenoxy) is 1. The molecule has 0 atom stereocenters. The molecule has 4 heteroatoms. The average molecular weight is 319 g/mol. The quantitative estimate of drug-likeness (QED) is 0.697. The average Bonchev–Trinajstić information content (AvgIpc) is 2.51. The zero-order chi connectivity index (χ0) is 14.8. The van der Waals surface area contributed by atoms with Crippen molar-refractivity contribution in [2.24, 2.45) is 0 Å². The van der Waals surface area contributed by atoms with Gasteiger partial charge < -0.3 is 9.84 Å². The van der Waals surface area contributed by atoms with E-state index in [1.807, 2.05) is 36.4 Å². The van der Waals surface area contributed by atoms with Crippen molar-refractivity contribution in [2.45, 2.75) is 6.61 Å². The van der Waals surface area contributed by atoms with Gasteiger partial charge >= 0.3 is 0 Å². The fraction of sp³-hybridized carbons (Fsp3) is 0.0588. The van der Waals surface area contributed by atoms with E-state index in [0.29, 0.717) is 27.1 Å². The molecular formula is C17H12Cl2O2. The predicted octanol–water partition coefficient (Wildman–Crippen LogP) is 5.43. The second kappa shape index (κ2) is 5.94. The fourth-order valence-electron chi connectivity index (χ4n) is 2.17. The molecule has 0 spiro atoms. The lowest BCUT2D eigenvalue weighted by atomic mass is 10.1. The summed E-state index contributed by atoms with van der Waals surface area (Å²) in [6, 6.07) is 16.6. The molecule has 3 aromatic rings. The Kier molecular flexibility index (Phi) is 4.02. The molecule has 0 aliphatic rings. The molecule has 1 N–H and O–H groups in total. The van der Waals surface area contributed by atoms with Crippen LogP contribution in [0.1, 0.15) is 5.56 Å². The SMILES string of the molecule is OCc1ccc(Oc2ccc(Cl)c3ccccc23)cc1Cl. The van der Waals surface area contributed by atoms with Crippen LogP contribution >= 0.6 is 23.2 Å². The van der Waals surface area contributed by atoms with E-state index in [9.17, 15) is 0 Å². The first-order chi connectivity index (χ1) is 10.2. The summed E-state index contributed by atoms with van der Waals surface area (Å²) < 4.78 is 5.90. The van der Waals surface area contributed by atoms with E-state index in [4.69, 9.17) is 33.0 Å². The van der Waals surface area contributed by atoms with Gasteiger partial charge in [0.2, 0.25) is 0 Å². The van der Waals surface area contributed by atoms with Crippen molar-refractivity contribution >= 4 is 34.0 Å². The third-order valence-corrected chi connectivity index (χ3v) is 3.93. The van der Waals surface area contributed by atoms with Crippen molar-refractivity contribution in [3.63, 3.8) is 0 Å². The lowest BCUT2D eigenvalue weighted by Crippen LogP contribution is -1.89. The molecule has 0 aliphatic carbocycles. The first-order valence-electron chi connectivity index (χ1n) is 6.43. The highest BCUT2D eigenvalue weighted by atomic mass is 35.5. The van der Waals surface area contributed by atoms with Gasteiger partial charge in [0.1, 0.15) is 11.5 Å². The van der Waals surface area contributed by atoms with Crippen LogP contribution in [0, 0.1) is 0 Å². The number of benzene rings is 3.